The molecular formula is C23H25N3O3. The Balaban J connectivity index is 1.39. The molecule has 4 rings (SSSR count). The van der Waals surface area contributed by atoms with Crippen LogP contribution in [0.5, 0.6) is 0 Å². The summed E-state index contributed by atoms with van der Waals surface area (Å²) in [6, 6.07) is 16.5. The van der Waals surface area contributed by atoms with E-state index in [2.05, 4.69) is 15.5 Å². The van der Waals surface area contributed by atoms with Gasteiger partial charge in [0.1, 0.15) is 0 Å². The van der Waals surface area contributed by atoms with Crippen molar-refractivity contribution in [1.82, 2.24) is 5.32 Å². The summed E-state index contributed by atoms with van der Waals surface area (Å²) >= 11 is 0. The maximum absolute atomic E-state index is 12.6. The summed E-state index contributed by atoms with van der Waals surface area (Å²) in [5.41, 5.74) is 2.57. The van der Waals surface area contributed by atoms with Crippen molar-refractivity contribution in [1.29, 1.82) is 0 Å². The molecule has 6 nitrogen and oxygen atoms in total. The zero-order valence-electron chi connectivity index (χ0n) is 16.3. The fraction of sp³-hybridized carbons (Fsp3) is 0.348. The number of amides is 2. The zero-order chi connectivity index (χ0) is 20.2. The maximum Gasteiger partial charge on any atom is 0.244 e. The van der Waals surface area contributed by atoms with Gasteiger partial charge in [-0.2, -0.15) is 0 Å². The average molecular weight is 391 g/mol. The van der Waals surface area contributed by atoms with Crippen LogP contribution in [0, 0.1) is 5.92 Å². The summed E-state index contributed by atoms with van der Waals surface area (Å²) in [7, 11) is 0. The Morgan fingerprint density at radius 2 is 1.62 bits per heavy atom. The molecule has 2 aliphatic rings. The first-order valence-corrected chi connectivity index (χ1v) is 10.2. The van der Waals surface area contributed by atoms with E-state index in [1.165, 1.54) is 19.3 Å². The predicted molar refractivity (Wildman–Crippen MR) is 112 cm³/mol. The van der Waals surface area contributed by atoms with Crippen molar-refractivity contribution in [3.63, 3.8) is 0 Å². The number of nitrogens with one attached hydrogen (secondary N) is 2. The minimum absolute atomic E-state index is 0.113. The SMILES string of the molecule is O=C1CC(c2ccccc2)NC(=O)C1C(=O)Nc1ccc(N2CCCCC2)cc1. The molecule has 2 aromatic carbocycles. The van der Waals surface area contributed by atoms with E-state index in [0.717, 1.165) is 24.3 Å². The molecular weight excluding hydrogens is 366 g/mol. The monoisotopic (exact) mass is 391 g/mol. The Bertz CT molecular complexity index is 871. The normalized spacial score (nSPS) is 22.1. The van der Waals surface area contributed by atoms with Crippen molar-refractivity contribution in [2.75, 3.05) is 23.3 Å². The van der Waals surface area contributed by atoms with Gasteiger partial charge in [0.25, 0.3) is 0 Å². The van der Waals surface area contributed by atoms with Gasteiger partial charge in [0.15, 0.2) is 11.7 Å². The van der Waals surface area contributed by atoms with Crippen LogP contribution in [0.25, 0.3) is 0 Å². The van der Waals surface area contributed by atoms with Crippen LogP contribution in [0.3, 0.4) is 0 Å². The lowest BCUT2D eigenvalue weighted by Gasteiger charge is -2.29. The number of anilines is 2. The fourth-order valence-corrected chi connectivity index (χ4v) is 4.05. The summed E-state index contributed by atoms with van der Waals surface area (Å²) in [4.78, 5) is 40.0. The molecule has 150 valence electrons. The van der Waals surface area contributed by atoms with E-state index < -0.39 is 17.7 Å². The van der Waals surface area contributed by atoms with Crippen LogP contribution in [0.15, 0.2) is 54.6 Å². The molecule has 2 fully saturated rings. The molecule has 2 aliphatic heterocycles. The summed E-state index contributed by atoms with van der Waals surface area (Å²) in [6.07, 6.45) is 3.78. The second-order valence-electron chi connectivity index (χ2n) is 7.66. The standard InChI is InChI=1S/C23H25N3O3/c27-20-15-19(16-7-3-1-4-8-16)25-23(29)21(20)22(28)24-17-9-11-18(12-10-17)26-13-5-2-6-14-26/h1,3-4,7-12,19,21H,2,5-6,13-15H2,(H,24,28)(H,25,29). The van der Waals surface area contributed by atoms with E-state index >= 15 is 0 Å². The molecule has 2 aromatic rings. The smallest absolute Gasteiger partial charge is 0.244 e. The van der Waals surface area contributed by atoms with Gasteiger partial charge in [0.05, 0.1) is 6.04 Å². The molecule has 2 saturated heterocycles. The van der Waals surface area contributed by atoms with Crippen molar-refractivity contribution >= 4 is 29.0 Å². The lowest BCUT2D eigenvalue weighted by atomic mass is 9.88. The van der Waals surface area contributed by atoms with E-state index in [-0.39, 0.29) is 18.2 Å². The fourth-order valence-electron chi connectivity index (χ4n) is 4.05. The van der Waals surface area contributed by atoms with Crippen molar-refractivity contribution < 1.29 is 14.4 Å². The van der Waals surface area contributed by atoms with Crippen LogP contribution in [-0.4, -0.2) is 30.7 Å². The molecule has 2 unspecified atom stereocenters. The number of ketones is 1. The van der Waals surface area contributed by atoms with E-state index in [0.29, 0.717) is 5.69 Å². The summed E-state index contributed by atoms with van der Waals surface area (Å²) in [6.45, 7) is 2.09. The van der Waals surface area contributed by atoms with Gasteiger partial charge in [0.2, 0.25) is 11.8 Å². The molecule has 0 aromatic heterocycles. The topological polar surface area (TPSA) is 78.5 Å². The third kappa shape index (κ3) is 4.31. The molecule has 29 heavy (non-hydrogen) atoms. The zero-order valence-corrected chi connectivity index (χ0v) is 16.3. The van der Waals surface area contributed by atoms with Crippen LogP contribution >= 0.6 is 0 Å². The molecule has 6 heteroatoms. The van der Waals surface area contributed by atoms with Crippen LogP contribution in [0.4, 0.5) is 11.4 Å². The lowest BCUT2D eigenvalue weighted by molar-refractivity contribution is -0.143. The Morgan fingerprint density at radius 1 is 0.931 bits per heavy atom. The Labute approximate surface area is 170 Å². The number of rotatable bonds is 4. The minimum atomic E-state index is -1.31. The highest BCUT2D eigenvalue weighted by molar-refractivity contribution is 6.22. The quantitative estimate of drug-likeness (QED) is 0.785. The third-order valence-corrected chi connectivity index (χ3v) is 5.63. The van der Waals surface area contributed by atoms with Gasteiger partial charge < -0.3 is 15.5 Å². The second kappa shape index (κ2) is 8.47. The number of hydrogen-bond donors (Lipinski definition) is 2. The van der Waals surface area contributed by atoms with E-state index in [4.69, 9.17) is 0 Å². The molecule has 0 saturated carbocycles. The van der Waals surface area contributed by atoms with Crippen LogP contribution in [0.1, 0.15) is 37.3 Å². The molecule has 0 spiro atoms. The average Bonchev–Trinajstić information content (AvgIpc) is 2.75. The maximum atomic E-state index is 12.6. The second-order valence-corrected chi connectivity index (χ2v) is 7.66. The third-order valence-electron chi connectivity index (χ3n) is 5.63. The van der Waals surface area contributed by atoms with Gasteiger partial charge in [-0.25, -0.2) is 0 Å². The van der Waals surface area contributed by atoms with Crippen LogP contribution in [0.2, 0.25) is 0 Å². The highest BCUT2D eigenvalue weighted by atomic mass is 16.2. The highest BCUT2D eigenvalue weighted by Crippen LogP contribution is 2.26. The largest absolute Gasteiger partial charge is 0.372 e. The number of benzene rings is 2. The van der Waals surface area contributed by atoms with Gasteiger partial charge in [-0.15, -0.1) is 0 Å². The molecule has 0 bridgehead atoms. The van der Waals surface area contributed by atoms with Gasteiger partial charge in [-0.1, -0.05) is 30.3 Å². The molecule has 0 radical (unpaired) electrons. The first-order chi connectivity index (χ1) is 14.1. The number of nitrogens with zero attached hydrogens (tertiary/aromatic N) is 1. The molecule has 0 aliphatic carbocycles. The number of Topliss-reactive ketones (excluding diaryl/α,β-unsaturated/α-hetero) is 1. The van der Waals surface area contributed by atoms with Crippen molar-refractivity contribution in [3.05, 3.63) is 60.2 Å². The van der Waals surface area contributed by atoms with Gasteiger partial charge >= 0.3 is 0 Å². The van der Waals surface area contributed by atoms with Crippen molar-refractivity contribution in [3.8, 4) is 0 Å². The summed E-state index contributed by atoms with van der Waals surface area (Å²) < 4.78 is 0. The number of carbonyl (C=O) groups excluding carboxylic acids is 3. The van der Waals surface area contributed by atoms with E-state index in [9.17, 15) is 14.4 Å². The molecule has 2 heterocycles. The molecule has 2 N–H and O–H groups in total. The predicted octanol–water partition coefficient (Wildman–Crippen LogP) is 3.06. The van der Waals surface area contributed by atoms with Gasteiger partial charge in [0, 0.05) is 30.9 Å². The Hall–Kier alpha value is -3.15. The first-order valence-electron chi connectivity index (χ1n) is 10.2. The van der Waals surface area contributed by atoms with Gasteiger partial charge in [-0.05, 0) is 49.1 Å². The summed E-state index contributed by atoms with van der Waals surface area (Å²) in [5.74, 6) is -2.79. The first kappa shape index (κ1) is 19.2. The molecule has 2 amide bonds. The van der Waals surface area contributed by atoms with Crippen molar-refractivity contribution in [2.45, 2.75) is 31.7 Å². The van der Waals surface area contributed by atoms with Crippen molar-refractivity contribution in [2.24, 2.45) is 5.92 Å². The number of piperidine rings is 2. The summed E-state index contributed by atoms with van der Waals surface area (Å²) in [5, 5.41) is 5.52. The van der Waals surface area contributed by atoms with Gasteiger partial charge in [-0.3, -0.25) is 14.4 Å². The number of hydrogen-bond acceptors (Lipinski definition) is 4. The lowest BCUT2D eigenvalue weighted by Crippen LogP contribution is -2.49. The van der Waals surface area contributed by atoms with Crippen LogP contribution < -0.4 is 15.5 Å². The van der Waals surface area contributed by atoms with E-state index in [1.54, 1.807) is 0 Å². The Morgan fingerprint density at radius 3 is 2.28 bits per heavy atom. The molecule has 2 atom stereocenters. The highest BCUT2D eigenvalue weighted by Gasteiger charge is 2.40. The number of carbonyl (C=O) groups is 3. The van der Waals surface area contributed by atoms with Crippen LogP contribution in [-0.2, 0) is 14.4 Å². The minimum Gasteiger partial charge on any atom is -0.372 e. The Kier molecular flexibility index (Phi) is 5.60. The van der Waals surface area contributed by atoms with E-state index in [1.807, 2.05) is 54.6 Å².